The summed E-state index contributed by atoms with van der Waals surface area (Å²) in [6.07, 6.45) is 0.439. The van der Waals surface area contributed by atoms with Gasteiger partial charge in [-0.05, 0) is 23.8 Å². The number of carbonyl (C=O) groups is 1. The normalized spacial score (nSPS) is 10.3. The van der Waals surface area contributed by atoms with Crippen LogP contribution in [0, 0.1) is 5.82 Å². The Morgan fingerprint density at radius 2 is 1.85 bits per heavy atom. The van der Waals surface area contributed by atoms with Gasteiger partial charge in [-0.3, -0.25) is 4.79 Å². The van der Waals surface area contributed by atoms with E-state index in [0.717, 1.165) is 5.56 Å². The van der Waals surface area contributed by atoms with Crippen molar-refractivity contribution in [1.29, 1.82) is 0 Å². The minimum absolute atomic E-state index is 0.00279. The summed E-state index contributed by atoms with van der Waals surface area (Å²) in [7, 11) is 1.57. The van der Waals surface area contributed by atoms with Gasteiger partial charge in [-0.25, -0.2) is 4.39 Å². The van der Waals surface area contributed by atoms with E-state index >= 15 is 0 Å². The van der Waals surface area contributed by atoms with E-state index in [1.54, 1.807) is 7.11 Å². The molecule has 0 aromatic heterocycles. The SMILES string of the molecule is COc1ccccc1CC(=O)Cc1ccc(F)cc1Cl. The Hall–Kier alpha value is -1.87. The second-order valence-electron chi connectivity index (χ2n) is 4.44. The minimum Gasteiger partial charge on any atom is -0.496 e. The van der Waals surface area contributed by atoms with Gasteiger partial charge in [0, 0.05) is 23.4 Å². The van der Waals surface area contributed by atoms with Crippen LogP contribution in [0.1, 0.15) is 11.1 Å². The first kappa shape index (κ1) is 14.5. The minimum atomic E-state index is -0.407. The topological polar surface area (TPSA) is 26.3 Å². The Labute approximate surface area is 122 Å². The van der Waals surface area contributed by atoms with Crippen LogP contribution in [0.25, 0.3) is 0 Å². The van der Waals surface area contributed by atoms with Crippen LogP contribution in [0.4, 0.5) is 4.39 Å². The van der Waals surface area contributed by atoms with Gasteiger partial charge in [-0.15, -0.1) is 0 Å². The van der Waals surface area contributed by atoms with E-state index < -0.39 is 5.82 Å². The Balaban J connectivity index is 2.09. The third kappa shape index (κ3) is 3.58. The molecule has 0 N–H and O–H groups in total. The highest BCUT2D eigenvalue weighted by Crippen LogP contribution is 2.21. The average molecular weight is 293 g/mol. The number of carbonyl (C=O) groups excluding carboxylic acids is 1. The summed E-state index contributed by atoms with van der Waals surface area (Å²) in [6.45, 7) is 0. The number of rotatable bonds is 5. The lowest BCUT2D eigenvalue weighted by molar-refractivity contribution is -0.117. The quantitative estimate of drug-likeness (QED) is 0.837. The summed E-state index contributed by atoms with van der Waals surface area (Å²) in [6, 6.07) is 11.4. The average Bonchev–Trinajstić information content (AvgIpc) is 2.42. The predicted molar refractivity (Wildman–Crippen MR) is 76.8 cm³/mol. The van der Waals surface area contributed by atoms with E-state index in [4.69, 9.17) is 16.3 Å². The van der Waals surface area contributed by atoms with Crippen LogP contribution in [0.15, 0.2) is 42.5 Å². The van der Waals surface area contributed by atoms with Crippen molar-refractivity contribution in [2.75, 3.05) is 7.11 Å². The standard InChI is InChI=1S/C16H14ClFO2/c1-20-16-5-3-2-4-12(16)9-14(19)8-11-6-7-13(18)10-15(11)17/h2-7,10H,8-9H2,1H3. The third-order valence-electron chi connectivity index (χ3n) is 2.98. The van der Waals surface area contributed by atoms with E-state index in [1.807, 2.05) is 24.3 Å². The maximum Gasteiger partial charge on any atom is 0.141 e. The van der Waals surface area contributed by atoms with Gasteiger partial charge >= 0.3 is 0 Å². The number of hydrogen-bond acceptors (Lipinski definition) is 2. The molecule has 0 spiro atoms. The molecule has 20 heavy (non-hydrogen) atoms. The van der Waals surface area contributed by atoms with Crippen LogP contribution in [-0.2, 0) is 17.6 Å². The lowest BCUT2D eigenvalue weighted by Crippen LogP contribution is -2.08. The molecule has 0 unspecified atom stereocenters. The van der Waals surface area contributed by atoms with E-state index in [1.165, 1.54) is 18.2 Å². The highest BCUT2D eigenvalue weighted by Gasteiger charge is 2.11. The third-order valence-corrected chi connectivity index (χ3v) is 3.33. The monoisotopic (exact) mass is 292 g/mol. The summed E-state index contributed by atoms with van der Waals surface area (Å²) in [5.74, 6) is 0.282. The van der Waals surface area contributed by atoms with Crippen molar-refractivity contribution in [3.63, 3.8) is 0 Å². The van der Waals surface area contributed by atoms with E-state index in [2.05, 4.69) is 0 Å². The molecule has 0 aliphatic carbocycles. The lowest BCUT2D eigenvalue weighted by atomic mass is 10.0. The number of Topliss-reactive ketones (excluding diaryl/α,β-unsaturated/α-hetero) is 1. The van der Waals surface area contributed by atoms with Crippen LogP contribution >= 0.6 is 11.6 Å². The summed E-state index contributed by atoms with van der Waals surface area (Å²) in [5, 5.41) is 0.276. The molecule has 0 aliphatic heterocycles. The molecule has 4 heteroatoms. The molecule has 0 heterocycles. The molecule has 0 atom stereocenters. The Morgan fingerprint density at radius 3 is 2.55 bits per heavy atom. The van der Waals surface area contributed by atoms with Gasteiger partial charge in [0.15, 0.2) is 0 Å². The zero-order valence-corrected chi connectivity index (χ0v) is 11.8. The number of para-hydroxylation sites is 1. The highest BCUT2D eigenvalue weighted by atomic mass is 35.5. The maximum atomic E-state index is 12.9. The second kappa shape index (κ2) is 6.53. The zero-order chi connectivity index (χ0) is 14.5. The highest BCUT2D eigenvalue weighted by molar-refractivity contribution is 6.31. The predicted octanol–water partition coefficient (Wildman–Crippen LogP) is 3.84. The lowest BCUT2D eigenvalue weighted by Gasteiger charge is -2.08. The molecule has 0 amide bonds. The molecule has 0 aliphatic rings. The molecule has 2 aromatic carbocycles. The molecule has 2 nitrogen and oxygen atoms in total. The molecule has 0 saturated heterocycles. The summed E-state index contributed by atoms with van der Waals surface area (Å²) in [4.78, 5) is 12.1. The van der Waals surface area contributed by atoms with Crippen LogP contribution < -0.4 is 4.74 Å². The molecular weight excluding hydrogens is 279 g/mol. The molecule has 2 rings (SSSR count). The van der Waals surface area contributed by atoms with Crippen molar-refractivity contribution in [3.8, 4) is 5.75 Å². The number of methoxy groups -OCH3 is 1. The van der Waals surface area contributed by atoms with Crippen LogP contribution in [0.5, 0.6) is 5.75 Å². The van der Waals surface area contributed by atoms with Crippen LogP contribution in [-0.4, -0.2) is 12.9 Å². The smallest absolute Gasteiger partial charge is 0.141 e. The zero-order valence-electron chi connectivity index (χ0n) is 11.0. The molecule has 104 valence electrons. The number of halogens is 2. The van der Waals surface area contributed by atoms with Gasteiger partial charge in [0.1, 0.15) is 17.3 Å². The van der Waals surface area contributed by atoms with Crippen molar-refractivity contribution in [2.45, 2.75) is 12.8 Å². The Morgan fingerprint density at radius 1 is 1.15 bits per heavy atom. The first-order valence-electron chi connectivity index (χ1n) is 6.17. The Kier molecular flexibility index (Phi) is 4.74. The van der Waals surface area contributed by atoms with Gasteiger partial charge in [-0.1, -0.05) is 35.9 Å². The Bertz CT molecular complexity index is 626. The maximum absolute atomic E-state index is 12.9. The van der Waals surface area contributed by atoms with Crippen molar-refractivity contribution in [2.24, 2.45) is 0 Å². The van der Waals surface area contributed by atoms with Gasteiger partial charge in [-0.2, -0.15) is 0 Å². The van der Waals surface area contributed by atoms with Crippen molar-refractivity contribution >= 4 is 17.4 Å². The summed E-state index contributed by atoms with van der Waals surface area (Å²) >= 11 is 5.92. The fourth-order valence-electron chi connectivity index (χ4n) is 2.00. The fourth-order valence-corrected chi connectivity index (χ4v) is 2.24. The number of ketones is 1. The molecule has 0 radical (unpaired) electrons. The molecule has 0 fully saturated rings. The second-order valence-corrected chi connectivity index (χ2v) is 4.85. The molecular formula is C16H14ClFO2. The fraction of sp³-hybridized carbons (Fsp3) is 0.188. The van der Waals surface area contributed by atoms with Crippen molar-refractivity contribution in [1.82, 2.24) is 0 Å². The molecule has 2 aromatic rings. The first-order chi connectivity index (χ1) is 9.60. The van der Waals surface area contributed by atoms with Crippen LogP contribution in [0.3, 0.4) is 0 Å². The van der Waals surface area contributed by atoms with Crippen LogP contribution in [0.2, 0.25) is 5.02 Å². The number of benzene rings is 2. The number of ether oxygens (including phenoxy) is 1. The summed E-state index contributed by atoms with van der Waals surface area (Å²) in [5.41, 5.74) is 1.46. The first-order valence-corrected chi connectivity index (χ1v) is 6.55. The van der Waals surface area contributed by atoms with Gasteiger partial charge < -0.3 is 4.74 Å². The van der Waals surface area contributed by atoms with E-state index in [0.29, 0.717) is 11.3 Å². The van der Waals surface area contributed by atoms with Gasteiger partial charge in [0.2, 0.25) is 0 Å². The number of hydrogen-bond donors (Lipinski definition) is 0. The van der Waals surface area contributed by atoms with Gasteiger partial charge in [0.25, 0.3) is 0 Å². The molecule has 0 bridgehead atoms. The van der Waals surface area contributed by atoms with Crippen molar-refractivity contribution < 1.29 is 13.9 Å². The largest absolute Gasteiger partial charge is 0.496 e. The summed E-state index contributed by atoms with van der Waals surface area (Å²) < 4.78 is 18.2. The van der Waals surface area contributed by atoms with Gasteiger partial charge in [0.05, 0.1) is 7.11 Å². The molecule has 0 saturated carbocycles. The van der Waals surface area contributed by atoms with E-state index in [9.17, 15) is 9.18 Å². The van der Waals surface area contributed by atoms with Crippen molar-refractivity contribution in [3.05, 3.63) is 64.4 Å². The van der Waals surface area contributed by atoms with E-state index in [-0.39, 0.29) is 23.6 Å².